The molecule has 0 aromatic heterocycles. The highest BCUT2D eigenvalue weighted by molar-refractivity contribution is 5.94. The molecule has 0 aromatic carbocycles. The van der Waals surface area contributed by atoms with Crippen molar-refractivity contribution in [2.75, 3.05) is 6.54 Å². The Hall–Kier alpha value is -3.22. The molecule has 0 aliphatic heterocycles. The van der Waals surface area contributed by atoms with Gasteiger partial charge in [0.25, 0.3) is 0 Å². The summed E-state index contributed by atoms with van der Waals surface area (Å²) in [5, 5.41) is 25.1. The average molecular weight is 445 g/mol. The van der Waals surface area contributed by atoms with Gasteiger partial charge in [-0.1, -0.05) is 20.3 Å². The summed E-state index contributed by atoms with van der Waals surface area (Å²) >= 11 is 0. The molecule has 31 heavy (non-hydrogen) atoms. The largest absolute Gasteiger partial charge is 0.481 e. The van der Waals surface area contributed by atoms with Gasteiger partial charge in [-0.3, -0.25) is 24.0 Å². The fourth-order valence-electron chi connectivity index (χ4n) is 2.55. The summed E-state index contributed by atoms with van der Waals surface area (Å²) in [4.78, 5) is 70.1. The number of carboxylic acid groups (broad SMARTS) is 2. The molecule has 0 radical (unpaired) electrons. The third-order valence-electron chi connectivity index (χ3n) is 4.57. The fourth-order valence-corrected chi connectivity index (χ4v) is 2.55. The summed E-state index contributed by atoms with van der Waals surface area (Å²) < 4.78 is 0. The normalized spacial score (nSPS) is 14.4. The number of rotatable bonds is 15. The molecule has 0 saturated carbocycles. The number of hydrogen-bond donors (Lipinski definition) is 7. The van der Waals surface area contributed by atoms with Crippen LogP contribution in [0.5, 0.6) is 0 Å². The van der Waals surface area contributed by atoms with E-state index in [1.165, 1.54) is 0 Å². The van der Waals surface area contributed by atoms with Crippen LogP contribution in [0.15, 0.2) is 0 Å². The second kappa shape index (κ2) is 13.9. The van der Waals surface area contributed by atoms with Gasteiger partial charge in [-0.2, -0.15) is 0 Å². The van der Waals surface area contributed by atoms with Crippen molar-refractivity contribution in [3.8, 4) is 0 Å². The summed E-state index contributed by atoms with van der Waals surface area (Å²) in [6.07, 6.45) is -0.889. The molecule has 0 aliphatic carbocycles. The molecule has 4 atom stereocenters. The van der Waals surface area contributed by atoms with Crippen molar-refractivity contribution in [1.82, 2.24) is 16.0 Å². The maximum Gasteiger partial charge on any atom is 0.326 e. The Kier molecular flexibility index (Phi) is 12.5. The molecule has 0 spiro atoms. The first-order valence-corrected chi connectivity index (χ1v) is 9.75. The van der Waals surface area contributed by atoms with Crippen LogP contribution < -0.4 is 27.4 Å². The molecule has 0 aliphatic rings. The number of nitrogens with two attached hydrogens (primary N) is 2. The minimum atomic E-state index is -1.47. The number of carbonyl (C=O) groups is 6. The number of amides is 4. The van der Waals surface area contributed by atoms with Gasteiger partial charge in [-0.15, -0.1) is 0 Å². The predicted molar refractivity (Wildman–Crippen MR) is 107 cm³/mol. The van der Waals surface area contributed by atoms with Gasteiger partial charge in [-0.25, -0.2) is 4.79 Å². The van der Waals surface area contributed by atoms with Crippen molar-refractivity contribution in [3.05, 3.63) is 0 Å². The Morgan fingerprint density at radius 1 is 0.871 bits per heavy atom. The van der Waals surface area contributed by atoms with Crippen molar-refractivity contribution in [2.24, 2.45) is 17.4 Å². The van der Waals surface area contributed by atoms with Crippen molar-refractivity contribution in [2.45, 2.75) is 64.1 Å². The standard InChI is InChI=1S/C18H31N5O8/c1-3-9(2)15(23-13(25)8-19)17(29)21-10(5-7-14(26)27)16(28)22-11(18(30)31)4-6-12(20)24/h9-11,15H,3-8,19H2,1-2H3,(H2,20,24)(H,21,29)(H,22,28)(H,23,25)(H,26,27)(H,30,31). The Labute approximate surface area is 179 Å². The first-order chi connectivity index (χ1) is 14.4. The van der Waals surface area contributed by atoms with Crippen molar-refractivity contribution in [1.29, 1.82) is 0 Å². The second-order valence-electron chi connectivity index (χ2n) is 7.03. The zero-order chi connectivity index (χ0) is 24.1. The van der Waals surface area contributed by atoms with E-state index >= 15 is 0 Å². The molecule has 0 rings (SSSR count). The molecule has 13 heteroatoms. The average Bonchev–Trinajstić information content (AvgIpc) is 2.70. The van der Waals surface area contributed by atoms with E-state index < -0.39 is 60.1 Å². The third-order valence-corrected chi connectivity index (χ3v) is 4.57. The molecular formula is C18H31N5O8. The number of nitrogens with one attached hydrogen (secondary N) is 3. The van der Waals surface area contributed by atoms with E-state index in [4.69, 9.17) is 16.6 Å². The molecule has 4 unspecified atom stereocenters. The van der Waals surface area contributed by atoms with Crippen molar-refractivity contribution >= 4 is 35.6 Å². The highest BCUT2D eigenvalue weighted by Gasteiger charge is 2.31. The number of carbonyl (C=O) groups excluding carboxylic acids is 4. The van der Waals surface area contributed by atoms with Gasteiger partial charge >= 0.3 is 11.9 Å². The van der Waals surface area contributed by atoms with Crippen LogP contribution in [0.25, 0.3) is 0 Å². The lowest BCUT2D eigenvalue weighted by Crippen LogP contribution is -2.57. The lowest BCUT2D eigenvalue weighted by atomic mass is 9.97. The molecule has 9 N–H and O–H groups in total. The van der Waals surface area contributed by atoms with Crippen LogP contribution in [0.4, 0.5) is 0 Å². The molecule has 0 bridgehead atoms. The van der Waals surface area contributed by atoms with Gasteiger partial charge in [0.05, 0.1) is 6.54 Å². The second-order valence-corrected chi connectivity index (χ2v) is 7.03. The summed E-state index contributed by atoms with van der Waals surface area (Å²) in [5.41, 5.74) is 10.3. The van der Waals surface area contributed by atoms with E-state index in [1.54, 1.807) is 13.8 Å². The van der Waals surface area contributed by atoms with Crippen LogP contribution >= 0.6 is 0 Å². The van der Waals surface area contributed by atoms with Crippen LogP contribution in [0, 0.1) is 5.92 Å². The van der Waals surface area contributed by atoms with Crippen LogP contribution in [-0.4, -0.2) is 70.5 Å². The number of hydrogen-bond acceptors (Lipinski definition) is 7. The SMILES string of the molecule is CCC(C)C(NC(=O)CN)C(=O)NC(CCC(=O)O)C(=O)NC(CCC(N)=O)C(=O)O. The lowest BCUT2D eigenvalue weighted by molar-refractivity contribution is -0.143. The van der Waals surface area contributed by atoms with Crippen LogP contribution in [-0.2, 0) is 28.8 Å². The Bertz CT molecular complexity index is 684. The maximum atomic E-state index is 12.7. The monoisotopic (exact) mass is 445 g/mol. The predicted octanol–water partition coefficient (Wildman–Crippen LogP) is -2.34. The minimum absolute atomic E-state index is 0.280. The van der Waals surface area contributed by atoms with Gasteiger partial charge < -0.3 is 37.6 Å². The fraction of sp³-hybridized carbons (Fsp3) is 0.667. The molecule has 0 heterocycles. The summed E-state index contributed by atoms with van der Waals surface area (Å²) in [6, 6.07) is -3.89. The summed E-state index contributed by atoms with van der Waals surface area (Å²) in [6.45, 7) is 3.12. The van der Waals surface area contributed by atoms with Crippen molar-refractivity contribution in [3.63, 3.8) is 0 Å². The van der Waals surface area contributed by atoms with E-state index in [0.29, 0.717) is 6.42 Å². The first kappa shape index (κ1) is 27.8. The number of primary amides is 1. The van der Waals surface area contributed by atoms with Gasteiger partial charge in [0.1, 0.15) is 18.1 Å². The van der Waals surface area contributed by atoms with Gasteiger partial charge in [-0.05, 0) is 18.8 Å². The summed E-state index contributed by atoms with van der Waals surface area (Å²) in [5.74, 6) is -6.03. The molecule has 0 saturated heterocycles. The third kappa shape index (κ3) is 10.9. The highest BCUT2D eigenvalue weighted by Crippen LogP contribution is 2.10. The smallest absolute Gasteiger partial charge is 0.326 e. The minimum Gasteiger partial charge on any atom is -0.481 e. The van der Waals surface area contributed by atoms with Gasteiger partial charge in [0, 0.05) is 12.8 Å². The maximum absolute atomic E-state index is 12.7. The quantitative estimate of drug-likeness (QED) is 0.143. The van der Waals surface area contributed by atoms with E-state index in [-0.39, 0.29) is 31.7 Å². The van der Waals surface area contributed by atoms with Crippen LogP contribution in [0.3, 0.4) is 0 Å². The molecule has 4 amide bonds. The Morgan fingerprint density at radius 2 is 1.42 bits per heavy atom. The van der Waals surface area contributed by atoms with E-state index in [1.807, 2.05) is 0 Å². The van der Waals surface area contributed by atoms with E-state index in [9.17, 15) is 33.9 Å². The van der Waals surface area contributed by atoms with E-state index in [2.05, 4.69) is 16.0 Å². The van der Waals surface area contributed by atoms with Crippen molar-refractivity contribution < 1.29 is 39.0 Å². The van der Waals surface area contributed by atoms with E-state index in [0.717, 1.165) is 0 Å². The highest BCUT2D eigenvalue weighted by atomic mass is 16.4. The molecule has 176 valence electrons. The Morgan fingerprint density at radius 3 is 1.87 bits per heavy atom. The zero-order valence-corrected chi connectivity index (χ0v) is 17.6. The van der Waals surface area contributed by atoms with Crippen LogP contribution in [0.1, 0.15) is 46.0 Å². The molecule has 0 aromatic rings. The summed E-state index contributed by atoms with van der Waals surface area (Å²) in [7, 11) is 0. The molecule has 13 nitrogen and oxygen atoms in total. The topological polar surface area (TPSA) is 231 Å². The first-order valence-electron chi connectivity index (χ1n) is 9.75. The number of carboxylic acids is 2. The molecule has 0 fully saturated rings. The van der Waals surface area contributed by atoms with Gasteiger partial charge in [0.2, 0.25) is 23.6 Å². The lowest BCUT2D eigenvalue weighted by Gasteiger charge is -2.27. The van der Waals surface area contributed by atoms with Gasteiger partial charge in [0.15, 0.2) is 0 Å². The van der Waals surface area contributed by atoms with Crippen LogP contribution in [0.2, 0.25) is 0 Å². The Balaban J connectivity index is 5.49. The molecular weight excluding hydrogens is 414 g/mol. The number of aliphatic carboxylic acids is 2. The zero-order valence-electron chi connectivity index (χ0n) is 17.6.